The highest BCUT2D eigenvalue weighted by molar-refractivity contribution is 5.95. The third-order valence-electron chi connectivity index (χ3n) is 4.76. The van der Waals surface area contributed by atoms with Crippen LogP contribution in [-0.4, -0.2) is 19.0 Å². The van der Waals surface area contributed by atoms with Gasteiger partial charge in [0, 0.05) is 11.1 Å². The van der Waals surface area contributed by atoms with Crippen LogP contribution < -0.4 is 10.6 Å². The first-order valence-corrected chi connectivity index (χ1v) is 7.51. The number of carbonyl (C=O) groups excluding carboxylic acids is 1. The fourth-order valence-corrected chi connectivity index (χ4v) is 2.82. The summed E-state index contributed by atoms with van der Waals surface area (Å²) in [7, 11) is 0. The van der Waals surface area contributed by atoms with Gasteiger partial charge >= 0.3 is 0 Å². The summed E-state index contributed by atoms with van der Waals surface area (Å²) in [4.78, 5) is 12.7. The van der Waals surface area contributed by atoms with Gasteiger partial charge in [-0.3, -0.25) is 4.79 Å². The predicted molar refractivity (Wildman–Crippen MR) is 83.9 cm³/mol. The zero-order valence-corrected chi connectivity index (χ0v) is 13.0. The third kappa shape index (κ3) is 3.04. The van der Waals surface area contributed by atoms with Crippen LogP contribution in [0.25, 0.3) is 0 Å². The molecule has 1 fully saturated rings. The lowest BCUT2D eigenvalue weighted by molar-refractivity contribution is -0.127. The molecule has 110 valence electrons. The molecule has 0 spiro atoms. The number of amides is 1. The van der Waals surface area contributed by atoms with E-state index in [2.05, 4.69) is 44.4 Å². The summed E-state index contributed by atoms with van der Waals surface area (Å²) in [6, 6.07) is 6.05. The maximum absolute atomic E-state index is 12.7. The largest absolute Gasteiger partial charge is 0.325 e. The van der Waals surface area contributed by atoms with Gasteiger partial charge in [-0.1, -0.05) is 26.0 Å². The van der Waals surface area contributed by atoms with E-state index in [4.69, 9.17) is 0 Å². The molecule has 1 atom stereocenters. The van der Waals surface area contributed by atoms with Crippen LogP contribution in [0.2, 0.25) is 0 Å². The Kier molecular flexibility index (Phi) is 4.48. The van der Waals surface area contributed by atoms with Gasteiger partial charge in [-0.2, -0.15) is 0 Å². The molecule has 2 N–H and O–H groups in total. The van der Waals surface area contributed by atoms with Crippen LogP contribution in [0.1, 0.15) is 37.8 Å². The second kappa shape index (κ2) is 5.96. The Morgan fingerprint density at radius 3 is 2.75 bits per heavy atom. The molecule has 3 nitrogen and oxygen atoms in total. The Morgan fingerprint density at radius 1 is 1.35 bits per heavy atom. The average Bonchev–Trinajstić information content (AvgIpc) is 2.44. The maximum atomic E-state index is 12.7. The van der Waals surface area contributed by atoms with E-state index in [1.165, 1.54) is 5.56 Å². The number of anilines is 1. The van der Waals surface area contributed by atoms with Crippen molar-refractivity contribution in [2.75, 3.05) is 18.4 Å². The summed E-state index contributed by atoms with van der Waals surface area (Å²) in [5.41, 5.74) is 2.95. The van der Waals surface area contributed by atoms with Crippen LogP contribution >= 0.6 is 0 Å². The number of hydrogen-bond donors (Lipinski definition) is 2. The van der Waals surface area contributed by atoms with Crippen LogP contribution in [0.4, 0.5) is 5.69 Å². The molecule has 1 heterocycles. The molecular formula is C17H26N2O. The standard InChI is InChI=1S/C17H26N2O/c1-12-7-5-9-15(13(12)2)19-16(20)17(3,4)14-8-6-10-18-11-14/h5,7,9,14,18H,6,8,10-11H2,1-4H3,(H,19,20). The Labute approximate surface area is 122 Å². The molecule has 0 radical (unpaired) electrons. The van der Waals surface area contributed by atoms with Crippen molar-refractivity contribution in [1.29, 1.82) is 0 Å². The first kappa shape index (κ1) is 15.0. The van der Waals surface area contributed by atoms with Gasteiger partial charge in [-0.25, -0.2) is 0 Å². The fourth-order valence-electron chi connectivity index (χ4n) is 2.82. The number of piperidine rings is 1. The van der Waals surface area contributed by atoms with E-state index in [-0.39, 0.29) is 11.3 Å². The van der Waals surface area contributed by atoms with Gasteiger partial charge in [0.05, 0.1) is 0 Å². The van der Waals surface area contributed by atoms with Crippen LogP contribution in [0.3, 0.4) is 0 Å². The summed E-state index contributed by atoms with van der Waals surface area (Å²) in [5, 5.41) is 6.52. The second-order valence-corrected chi connectivity index (χ2v) is 6.47. The number of rotatable bonds is 3. The minimum absolute atomic E-state index is 0.125. The predicted octanol–water partition coefficient (Wildman–Crippen LogP) is 3.27. The number of carbonyl (C=O) groups is 1. The Bertz CT molecular complexity index is 488. The molecule has 1 aliphatic rings. The van der Waals surface area contributed by atoms with Crippen molar-refractivity contribution < 1.29 is 4.79 Å². The molecule has 1 aromatic carbocycles. The van der Waals surface area contributed by atoms with Gasteiger partial charge in [-0.15, -0.1) is 0 Å². The topological polar surface area (TPSA) is 41.1 Å². The number of nitrogens with one attached hydrogen (secondary N) is 2. The monoisotopic (exact) mass is 274 g/mol. The summed E-state index contributed by atoms with van der Waals surface area (Å²) in [6.45, 7) is 10.3. The normalized spacial score (nSPS) is 19.7. The number of hydrogen-bond acceptors (Lipinski definition) is 2. The summed E-state index contributed by atoms with van der Waals surface area (Å²) >= 11 is 0. The molecule has 0 aromatic heterocycles. The lowest BCUT2D eigenvalue weighted by Gasteiger charge is -2.36. The lowest BCUT2D eigenvalue weighted by atomic mass is 9.74. The van der Waals surface area contributed by atoms with Crippen molar-refractivity contribution >= 4 is 11.6 Å². The van der Waals surface area contributed by atoms with Gasteiger partial charge in [0.2, 0.25) is 5.91 Å². The van der Waals surface area contributed by atoms with Crippen molar-refractivity contribution in [3.8, 4) is 0 Å². The Hall–Kier alpha value is -1.35. The molecule has 2 rings (SSSR count). The highest BCUT2D eigenvalue weighted by Crippen LogP contribution is 2.33. The minimum atomic E-state index is -0.344. The van der Waals surface area contributed by atoms with Crippen molar-refractivity contribution in [3.63, 3.8) is 0 Å². The van der Waals surface area contributed by atoms with Crippen LogP contribution in [-0.2, 0) is 4.79 Å². The van der Waals surface area contributed by atoms with Crippen LogP contribution in [0, 0.1) is 25.2 Å². The second-order valence-electron chi connectivity index (χ2n) is 6.47. The van der Waals surface area contributed by atoms with E-state index in [1.807, 2.05) is 12.1 Å². The fraction of sp³-hybridized carbons (Fsp3) is 0.588. The molecule has 1 aromatic rings. The van der Waals surface area contributed by atoms with Crippen molar-refractivity contribution in [2.45, 2.75) is 40.5 Å². The van der Waals surface area contributed by atoms with E-state index in [9.17, 15) is 4.79 Å². The van der Waals surface area contributed by atoms with E-state index >= 15 is 0 Å². The van der Waals surface area contributed by atoms with Crippen LogP contribution in [0.5, 0.6) is 0 Å². The molecule has 1 saturated heterocycles. The van der Waals surface area contributed by atoms with E-state index in [0.717, 1.165) is 37.2 Å². The van der Waals surface area contributed by atoms with E-state index < -0.39 is 0 Å². The quantitative estimate of drug-likeness (QED) is 0.888. The molecule has 20 heavy (non-hydrogen) atoms. The molecule has 0 aliphatic carbocycles. The minimum Gasteiger partial charge on any atom is -0.325 e. The highest BCUT2D eigenvalue weighted by atomic mass is 16.2. The van der Waals surface area contributed by atoms with Crippen molar-refractivity contribution in [3.05, 3.63) is 29.3 Å². The summed E-state index contributed by atoms with van der Waals surface area (Å²) in [6.07, 6.45) is 2.28. The summed E-state index contributed by atoms with van der Waals surface area (Å²) in [5.74, 6) is 0.529. The number of benzene rings is 1. The summed E-state index contributed by atoms with van der Waals surface area (Å²) < 4.78 is 0. The molecule has 3 heteroatoms. The molecule has 1 aliphatic heterocycles. The highest BCUT2D eigenvalue weighted by Gasteiger charge is 2.37. The van der Waals surface area contributed by atoms with Crippen LogP contribution in [0.15, 0.2) is 18.2 Å². The smallest absolute Gasteiger partial charge is 0.230 e. The zero-order valence-electron chi connectivity index (χ0n) is 13.0. The SMILES string of the molecule is Cc1cccc(NC(=O)C(C)(C)C2CCCNC2)c1C. The molecule has 1 amide bonds. The Balaban J connectivity index is 2.12. The van der Waals surface area contributed by atoms with Crippen molar-refractivity contribution in [1.82, 2.24) is 5.32 Å². The molecule has 0 bridgehead atoms. The van der Waals surface area contributed by atoms with Gasteiger partial charge in [-0.05, 0) is 62.9 Å². The lowest BCUT2D eigenvalue weighted by Crippen LogP contribution is -2.44. The molecule has 1 unspecified atom stereocenters. The Morgan fingerprint density at radius 2 is 2.10 bits per heavy atom. The number of aryl methyl sites for hydroxylation is 1. The van der Waals surface area contributed by atoms with Crippen molar-refractivity contribution in [2.24, 2.45) is 11.3 Å². The molecular weight excluding hydrogens is 248 g/mol. The third-order valence-corrected chi connectivity index (χ3v) is 4.76. The molecule has 0 saturated carbocycles. The van der Waals surface area contributed by atoms with Gasteiger partial charge in [0.15, 0.2) is 0 Å². The average molecular weight is 274 g/mol. The van der Waals surface area contributed by atoms with Gasteiger partial charge < -0.3 is 10.6 Å². The first-order chi connectivity index (χ1) is 9.43. The zero-order chi connectivity index (χ0) is 14.8. The maximum Gasteiger partial charge on any atom is 0.230 e. The van der Waals surface area contributed by atoms with E-state index in [0.29, 0.717) is 5.92 Å². The first-order valence-electron chi connectivity index (χ1n) is 7.51. The van der Waals surface area contributed by atoms with Gasteiger partial charge in [0.25, 0.3) is 0 Å². The van der Waals surface area contributed by atoms with Gasteiger partial charge in [0.1, 0.15) is 0 Å². The van der Waals surface area contributed by atoms with E-state index in [1.54, 1.807) is 0 Å².